The SMILES string of the molecule is O=C1CCC(N2C(=O)c3cccc(OCc4ccc(CN5CCc6ncccc6C5)cc4)c3C2=O)C(=O)N1.O=C1CCC(N2Cc3c(OCc4ccc(Cn5cnc(-c6ccccc6)c5)cc4)cccc3C2=O)C(=O)N1. The third kappa shape index (κ3) is 10.4. The van der Waals surface area contributed by atoms with Crippen LogP contribution in [-0.4, -0.2) is 89.2 Å². The number of imide groups is 3. The van der Waals surface area contributed by atoms with E-state index in [1.165, 1.54) is 21.7 Å². The van der Waals surface area contributed by atoms with Crippen LogP contribution in [0.1, 0.15) is 95.8 Å². The van der Waals surface area contributed by atoms with Gasteiger partial charge in [-0.05, 0) is 71.0 Å². The highest BCUT2D eigenvalue weighted by atomic mass is 16.5. The van der Waals surface area contributed by atoms with Crippen LogP contribution in [0.2, 0.25) is 0 Å². The van der Waals surface area contributed by atoms with Crippen LogP contribution < -0.4 is 20.1 Å². The lowest BCUT2D eigenvalue weighted by Crippen LogP contribution is -2.54. The minimum Gasteiger partial charge on any atom is -0.489 e. The number of imidazole rings is 1. The fourth-order valence-corrected chi connectivity index (χ4v) is 10.3. The Morgan fingerprint density at radius 1 is 0.553 bits per heavy atom. The highest BCUT2D eigenvalue weighted by Gasteiger charge is 2.46. The Kier molecular flexibility index (Phi) is 13.8. The van der Waals surface area contributed by atoms with E-state index in [4.69, 9.17) is 9.47 Å². The Bertz CT molecular complexity index is 3410. The molecule has 0 aliphatic carbocycles. The number of nitrogens with one attached hydrogen (secondary N) is 2. The second-order valence-corrected chi connectivity index (χ2v) is 19.4. The predicted octanol–water partition coefficient (Wildman–Crippen LogP) is 6.56. The van der Waals surface area contributed by atoms with Crippen LogP contribution in [-0.2, 0) is 65.0 Å². The summed E-state index contributed by atoms with van der Waals surface area (Å²) in [5.74, 6) is -2.18. The lowest BCUT2D eigenvalue weighted by molar-refractivity contribution is -0.138. The van der Waals surface area contributed by atoms with Crippen LogP contribution in [0.5, 0.6) is 11.5 Å². The number of hydrogen-bond donors (Lipinski definition) is 2. The summed E-state index contributed by atoms with van der Waals surface area (Å²) >= 11 is 0. The van der Waals surface area contributed by atoms with Crippen molar-refractivity contribution in [3.63, 3.8) is 0 Å². The number of nitrogens with zero attached hydrogens (tertiary/aromatic N) is 6. The maximum atomic E-state index is 13.2. The lowest BCUT2D eigenvalue weighted by Gasteiger charge is -2.29. The predicted molar refractivity (Wildman–Crippen MR) is 276 cm³/mol. The fraction of sp³-hybridized carbons (Fsp3) is 0.237. The molecular formula is C59H52N8O9. The van der Waals surface area contributed by atoms with E-state index in [2.05, 4.69) is 60.4 Å². The van der Waals surface area contributed by atoms with Crippen molar-refractivity contribution in [3.05, 3.63) is 202 Å². The normalized spacial score (nSPS) is 18.1. The van der Waals surface area contributed by atoms with Gasteiger partial charge in [-0.3, -0.25) is 59.0 Å². The van der Waals surface area contributed by atoms with Gasteiger partial charge in [0.05, 0.1) is 29.7 Å². The summed E-state index contributed by atoms with van der Waals surface area (Å²) in [5.41, 5.74) is 10.4. The second-order valence-electron chi connectivity index (χ2n) is 19.4. The summed E-state index contributed by atoms with van der Waals surface area (Å²) in [6.45, 7) is 4.27. The van der Waals surface area contributed by atoms with E-state index in [0.717, 1.165) is 64.5 Å². The molecule has 5 aliphatic heterocycles. The highest BCUT2D eigenvalue weighted by Crippen LogP contribution is 2.36. The molecule has 0 bridgehead atoms. The Balaban J connectivity index is 0.000000162. The molecule has 5 aliphatic rings. The number of piperidine rings is 2. The van der Waals surface area contributed by atoms with Gasteiger partial charge in [0.2, 0.25) is 23.6 Å². The number of fused-ring (bicyclic) bond motifs is 3. The second kappa shape index (κ2) is 21.4. The number of benzene rings is 5. The van der Waals surface area contributed by atoms with E-state index in [-0.39, 0.29) is 55.4 Å². The monoisotopic (exact) mass is 1020 g/mol. The fourth-order valence-electron chi connectivity index (χ4n) is 10.3. The largest absolute Gasteiger partial charge is 0.489 e. The molecule has 0 spiro atoms. The quantitative estimate of drug-likeness (QED) is 0.118. The summed E-state index contributed by atoms with van der Waals surface area (Å²) in [5, 5.41) is 4.54. The highest BCUT2D eigenvalue weighted by molar-refractivity contribution is 6.24. The summed E-state index contributed by atoms with van der Waals surface area (Å²) in [4.78, 5) is 101. The van der Waals surface area contributed by atoms with E-state index in [9.17, 15) is 33.6 Å². The van der Waals surface area contributed by atoms with Crippen molar-refractivity contribution >= 4 is 41.4 Å². The molecule has 76 heavy (non-hydrogen) atoms. The number of aromatic nitrogens is 3. The van der Waals surface area contributed by atoms with Crippen LogP contribution in [0, 0.1) is 0 Å². The van der Waals surface area contributed by atoms with E-state index >= 15 is 0 Å². The van der Waals surface area contributed by atoms with Crippen molar-refractivity contribution in [2.75, 3.05) is 6.54 Å². The summed E-state index contributed by atoms with van der Waals surface area (Å²) in [6.07, 6.45) is 7.43. The van der Waals surface area contributed by atoms with Crippen molar-refractivity contribution in [2.45, 2.75) is 83.6 Å². The maximum Gasteiger partial charge on any atom is 0.266 e. The zero-order valence-corrected chi connectivity index (χ0v) is 41.4. The molecular weight excluding hydrogens is 965 g/mol. The first-order chi connectivity index (χ1) is 37.0. The van der Waals surface area contributed by atoms with Crippen LogP contribution >= 0.6 is 0 Å². The standard InChI is InChI=1S/C30H26N4O4.C29H26N4O5/c35-28-14-13-26(29(36)32-28)34-16-24-23(30(34)37)7-4-8-27(24)38-18-21-11-9-20(10-12-21)15-33-17-25(31-19-33)22-5-2-1-3-6-22;34-25-11-10-23(27(35)31-25)33-28(36)21-4-1-5-24(26(21)29(33)37)38-17-19-8-6-18(7-9-19)15-32-14-12-22-20(16-32)3-2-13-30-22/h1-12,17,19,26H,13-16,18H2,(H,32,35,36);1-9,13,23H,10-12,14-17H2,(H,31,34,35). The van der Waals surface area contributed by atoms with Gasteiger partial charge in [-0.1, -0.05) is 97.1 Å². The Hall–Kier alpha value is -9.09. The minimum atomic E-state index is -1.01. The molecule has 382 valence electrons. The number of ether oxygens (including phenoxy) is 2. The summed E-state index contributed by atoms with van der Waals surface area (Å²) in [6, 6.07) is 39.2. The van der Waals surface area contributed by atoms with Gasteiger partial charge in [-0.25, -0.2) is 4.98 Å². The zero-order chi connectivity index (χ0) is 52.3. The molecule has 2 N–H and O–H groups in total. The first kappa shape index (κ1) is 49.1. The molecule has 7 aromatic rings. The molecule has 2 fully saturated rings. The summed E-state index contributed by atoms with van der Waals surface area (Å²) < 4.78 is 14.2. The lowest BCUT2D eigenvalue weighted by atomic mass is 10.0. The molecule has 0 radical (unpaired) electrons. The average Bonchev–Trinajstić information content (AvgIpc) is 4.12. The minimum absolute atomic E-state index is 0.0748. The van der Waals surface area contributed by atoms with Crippen molar-refractivity contribution in [1.29, 1.82) is 0 Å². The molecule has 2 saturated heterocycles. The first-order valence-corrected chi connectivity index (χ1v) is 25.3. The third-order valence-corrected chi connectivity index (χ3v) is 14.3. The van der Waals surface area contributed by atoms with E-state index in [1.54, 1.807) is 30.3 Å². The van der Waals surface area contributed by atoms with Crippen molar-refractivity contribution in [2.24, 2.45) is 0 Å². The molecule has 2 atom stereocenters. The van der Waals surface area contributed by atoms with Gasteiger partial charge >= 0.3 is 0 Å². The van der Waals surface area contributed by atoms with Crippen LogP contribution in [0.25, 0.3) is 11.3 Å². The van der Waals surface area contributed by atoms with E-state index in [0.29, 0.717) is 36.6 Å². The van der Waals surface area contributed by atoms with Crippen molar-refractivity contribution < 1.29 is 43.0 Å². The number of amides is 7. The number of carbonyl (C=O) groups is 7. The molecule has 0 saturated carbocycles. The third-order valence-electron chi connectivity index (χ3n) is 14.3. The zero-order valence-electron chi connectivity index (χ0n) is 41.4. The number of carbonyl (C=O) groups excluding carboxylic acids is 7. The smallest absolute Gasteiger partial charge is 0.266 e. The first-order valence-electron chi connectivity index (χ1n) is 25.3. The van der Waals surface area contributed by atoms with Crippen LogP contribution in [0.4, 0.5) is 0 Å². The van der Waals surface area contributed by atoms with Crippen LogP contribution in [0.15, 0.2) is 146 Å². The van der Waals surface area contributed by atoms with Gasteiger partial charge in [0.1, 0.15) is 36.8 Å². The molecule has 2 unspecified atom stereocenters. The van der Waals surface area contributed by atoms with Crippen molar-refractivity contribution in [1.82, 2.24) is 39.9 Å². The average molecular weight is 1020 g/mol. The molecule has 7 heterocycles. The van der Waals surface area contributed by atoms with Gasteiger partial charge in [0, 0.05) is 80.2 Å². The van der Waals surface area contributed by atoms with E-state index in [1.807, 2.05) is 85.5 Å². The van der Waals surface area contributed by atoms with Crippen LogP contribution in [0.3, 0.4) is 0 Å². The molecule has 2 aromatic heterocycles. The Morgan fingerprint density at radius 3 is 1.88 bits per heavy atom. The van der Waals surface area contributed by atoms with Gasteiger partial charge in [-0.2, -0.15) is 0 Å². The molecule has 17 heteroatoms. The maximum absolute atomic E-state index is 13.2. The van der Waals surface area contributed by atoms with Gasteiger partial charge in [-0.15, -0.1) is 0 Å². The molecule has 7 amide bonds. The van der Waals surface area contributed by atoms with Gasteiger partial charge < -0.3 is 18.9 Å². The Morgan fingerprint density at radius 2 is 1.18 bits per heavy atom. The number of pyridine rings is 1. The Labute approximate surface area is 437 Å². The molecule has 17 nitrogen and oxygen atoms in total. The number of hydrogen-bond acceptors (Lipinski definition) is 12. The van der Waals surface area contributed by atoms with E-state index < -0.39 is 41.6 Å². The number of rotatable bonds is 13. The molecule has 5 aromatic carbocycles. The summed E-state index contributed by atoms with van der Waals surface area (Å²) in [7, 11) is 0. The van der Waals surface area contributed by atoms with Gasteiger partial charge in [0.15, 0.2) is 0 Å². The topological polar surface area (TPSA) is 202 Å². The van der Waals surface area contributed by atoms with Crippen molar-refractivity contribution in [3.8, 4) is 22.8 Å². The molecule has 12 rings (SSSR count). The van der Waals surface area contributed by atoms with Gasteiger partial charge in [0.25, 0.3) is 17.7 Å².